The van der Waals surface area contributed by atoms with Gasteiger partial charge in [-0.25, -0.2) is 8.78 Å². The van der Waals surface area contributed by atoms with Crippen LogP contribution in [0.3, 0.4) is 0 Å². The van der Waals surface area contributed by atoms with Crippen molar-refractivity contribution in [2.24, 2.45) is 5.84 Å². The molecule has 0 aromatic heterocycles. The molecule has 21 heavy (non-hydrogen) atoms. The molecule has 0 radical (unpaired) electrons. The Balaban J connectivity index is 2.40. The molecule has 2 nitrogen and oxygen atoms in total. The molecule has 0 bridgehead atoms. The Hall–Kier alpha value is -0.340. The summed E-state index contributed by atoms with van der Waals surface area (Å²) < 4.78 is 29.8. The van der Waals surface area contributed by atoms with E-state index in [0.29, 0.717) is 0 Å². The lowest BCUT2D eigenvalue weighted by atomic mass is 9.98. The van der Waals surface area contributed by atoms with E-state index in [4.69, 9.17) is 5.84 Å². The topological polar surface area (TPSA) is 38.0 Å². The predicted octanol–water partition coefficient (Wildman–Crippen LogP) is 5.00. The van der Waals surface area contributed by atoms with Crippen molar-refractivity contribution in [3.63, 3.8) is 0 Å². The van der Waals surface area contributed by atoms with E-state index < -0.39 is 17.7 Å². The number of nitrogens with two attached hydrogens (primary N) is 1. The molecular formula is C14H11Br3F2N2. The zero-order chi connectivity index (χ0) is 15.6. The van der Waals surface area contributed by atoms with Gasteiger partial charge in [-0.3, -0.25) is 11.3 Å². The normalized spacial score (nSPS) is 12.5. The van der Waals surface area contributed by atoms with Crippen molar-refractivity contribution in [1.29, 1.82) is 0 Å². The molecule has 0 spiro atoms. The molecule has 112 valence electrons. The van der Waals surface area contributed by atoms with E-state index in [1.54, 1.807) is 0 Å². The van der Waals surface area contributed by atoms with Gasteiger partial charge in [-0.1, -0.05) is 31.9 Å². The van der Waals surface area contributed by atoms with Gasteiger partial charge in [-0.15, -0.1) is 0 Å². The highest BCUT2D eigenvalue weighted by Gasteiger charge is 2.20. The minimum Gasteiger partial charge on any atom is -0.271 e. The number of nitrogens with one attached hydrogen (secondary N) is 1. The first-order valence-electron chi connectivity index (χ1n) is 5.97. The number of benzene rings is 2. The number of hydrogen-bond donors (Lipinski definition) is 2. The molecule has 0 amide bonds. The Bertz CT molecular complexity index is 665. The summed E-state index contributed by atoms with van der Waals surface area (Å²) in [6, 6.07) is 7.69. The van der Waals surface area contributed by atoms with Gasteiger partial charge in [0.25, 0.3) is 0 Å². The number of halogens is 5. The van der Waals surface area contributed by atoms with Crippen LogP contribution in [0.15, 0.2) is 43.7 Å². The maximum absolute atomic E-state index is 14.1. The van der Waals surface area contributed by atoms with Crippen LogP contribution >= 0.6 is 47.8 Å². The zero-order valence-corrected chi connectivity index (χ0v) is 15.4. The molecule has 7 heteroatoms. The van der Waals surface area contributed by atoms with E-state index in [9.17, 15) is 8.78 Å². The Labute approximate surface area is 146 Å². The van der Waals surface area contributed by atoms with Crippen molar-refractivity contribution >= 4 is 47.8 Å². The van der Waals surface area contributed by atoms with Crippen molar-refractivity contribution in [3.8, 4) is 0 Å². The third-order valence-corrected chi connectivity index (χ3v) is 4.91. The lowest BCUT2D eigenvalue weighted by Gasteiger charge is -2.19. The first-order chi connectivity index (χ1) is 9.93. The number of hydrogen-bond acceptors (Lipinski definition) is 2. The zero-order valence-electron chi connectivity index (χ0n) is 10.6. The maximum atomic E-state index is 14.1. The Morgan fingerprint density at radius 3 is 2.38 bits per heavy atom. The molecule has 1 atom stereocenters. The van der Waals surface area contributed by atoms with Crippen LogP contribution < -0.4 is 11.3 Å². The molecule has 0 saturated carbocycles. The maximum Gasteiger partial charge on any atom is 0.143 e. The van der Waals surface area contributed by atoms with E-state index in [1.165, 1.54) is 12.1 Å². The minimum atomic E-state index is -0.610. The number of rotatable bonds is 4. The van der Waals surface area contributed by atoms with Gasteiger partial charge in [0.05, 0.1) is 10.5 Å². The van der Waals surface area contributed by atoms with Crippen molar-refractivity contribution in [3.05, 3.63) is 66.5 Å². The molecule has 0 heterocycles. The summed E-state index contributed by atoms with van der Waals surface area (Å²) >= 11 is 9.86. The van der Waals surface area contributed by atoms with Crippen LogP contribution in [0.4, 0.5) is 8.78 Å². The highest BCUT2D eigenvalue weighted by molar-refractivity contribution is 9.11. The van der Waals surface area contributed by atoms with Crippen LogP contribution in [0, 0.1) is 11.6 Å². The fraction of sp³-hybridized carbons (Fsp3) is 0.143. The Kier molecular flexibility index (Phi) is 5.90. The smallest absolute Gasteiger partial charge is 0.143 e. The molecule has 1 unspecified atom stereocenters. The largest absolute Gasteiger partial charge is 0.271 e. The molecule has 0 aliphatic rings. The van der Waals surface area contributed by atoms with Crippen LogP contribution in [0.2, 0.25) is 0 Å². The summed E-state index contributed by atoms with van der Waals surface area (Å²) in [5, 5.41) is 0. The molecule has 0 aliphatic heterocycles. The molecule has 0 fully saturated rings. The van der Waals surface area contributed by atoms with E-state index >= 15 is 0 Å². The molecule has 3 N–H and O–H groups in total. The van der Waals surface area contributed by atoms with Crippen LogP contribution in [-0.2, 0) is 6.42 Å². The fourth-order valence-corrected chi connectivity index (χ4v) is 3.27. The Morgan fingerprint density at radius 2 is 1.71 bits per heavy atom. The molecule has 0 aliphatic carbocycles. The highest BCUT2D eigenvalue weighted by Crippen LogP contribution is 2.31. The summed E-state index contributed by atoms with van der Waals surface area (Å²) in [4.78, 5) is 0. The van der Waals surface area contributed by atoms with E-state index in [-0.39, 0.29) is 16.5 Å². The fourth-order valence-electron chi connectivity index (χ4n) is 2.00. The average Bonchev–Trinajstić information content (AvgIpc) is 2.46. The molecular weight excluding hydrogens is 474 g/mol. The summed E-state index contributed by atoms with van der Waals surface area (Å²) in [5.41, 5.74) is 3.41. The van der Waals surface area contributed by atoms with Gasteiger partial charge in [0.2, 0.25) is 0 Å². The summed E-state index contributed by atoms with van der Waals surface area (Å²) in [5.74, 6) is 4.36. The second-order valence-electron chi connectivity index (χ2n) is 4.41. The lowest BCUT2D eigenvalue weighted by molar-refractivity contribution is 0.497. The van der Waals surface area contributed by atoms with Crippen molar-refractivity contribution in [2.45, 2.75) is 12.5 Å². The minimum absolute atomic E-state index is 0.0146. The van der Waals surface area contributed by atoms with Gasteiger partial charge in [-0.05, 0) is 58.2 Å². The van der Waals surface area contributed by atoms with E-state index in [2.05, 4.69) is 53.2 Å². The quantitative estimate of drug-likeness (QED) is 0.364. The lowest BCUT2D eigenvalue weighted by Crippen LogP contribution is -2.30. The predicted molar refractivity (Wildman–Crippen MR) is 89.7 cm³/mol. The summed E-state index contributed by atoms with van der Waals surface area (Å²) in [6.45, 7) is 0. The molecule has 0 saturated heterocycles. The van der Waals surface area contributed by atoms with Crippen molar-refractivity contribution in [2.75, 3.05) is 0 Å². The molecule has 2 aromatic carbocycles. The van der Waals surface area contributed by atoms with Gasteiger partial charge in [0.1, 0.15) is 11.6 Å². The van der Waals surface area contributed by atoms with Crippen LogP contribution in [0.5, 0.6) is 0 Å². The SMILES string of the molecule is NNC(Cc1c(F)ccc(Br)c1F)c1cc(Br)ccc1Br. The van der Waals surface area contributed by atoms with Gasteiger partial charge in [0, 0.05) is 14.5 Å². The van der Waals surface area contributed by atoms with Gasteiger partial charge >= 0.3 is 0 Å². The van der Waals surface area contributed by atoms with Crippen molar-refractivity contribution in [1.82, 2.24) is 5.43 Å². The van der Waals surface area contributed by atoms with Crippen molar-refractivity contribution < 1.29 is 8.78 Å². The first-order valence-corrected chi connectivity index (χ1v) is 8.35. The summed E-state index contributed by atoms with van der Waals surface area (Å²) in [7, 11) is 0. The highest BCUT2D eigenvalue weighted by atomic mass is 79.9. The van der Waals surface area contributed by atoms with E-state index in [1.807, 2.05) is 18.2 Å². The van der Waals surface area contributed by atoms with Crippen LogP contribution in [0.1, 0.15) is 17.2 Å². The van der Waals surface area contributed by atoms with Gasteiger partial charge in [-0.2, -0.15) is 0 Å². The first kappa shape index (κ1) is 17.0. The van der Waals surface area contributed by atoms with E-state index in [0.717, 1.165) is 14.5 Å². The third kappa shape index (κ3) is 3.90. The third-order valence-electron chi connectivity index (χ3n) is 3.08. The van der Waals surface area contributed by atoms with Crippen LogP contribution in [-0.4, -0.2) is 0 Å². The van der Waals surface area contributed by atoms with Gasteiger partial charge in [0.15, 0.2) is 0 Å². The average molecular weight is 485 g/mol. The Morgan fingerprint density at radius 1 is 1.05 bits per heavy atom. The standard InChI is InChI=1S/C14H11Br3F2N2/c15-7-1-2-10(16)8(5-7)13(21-20)6-9-12(18)4-3-11(17)14(9)19/h1-5,13,21H,6,20H2. The molecule has 2 rings (SSSR count). The van der Waals surface area contributed by atoms with Gasteiger partial charge < -0.3 is 0 Å². The second-order valence-corrected chi connectivity index (χ2v) is 7.04. The molecule has 2 aromatic rings. The number of hydrazine groups is 1. The monoisotopic (exact) mass is 482 g/mol. The second kappa shape index (κ2) is 7.28. The summed E-state index contributed by atoms with van der Waals surface area (Å²) in [6.07, 6.45) is 0.0860. The van der Waals surface area contributed by atoms with Crippen LogP contribution in [0.25, 0.3) is 0 Å².